The number of rotatable bonds is 4. The van der Waals surface area contributed by atoms with E-state index in [1.54, 1.807) is 12.1 Å². The highest BCUT2D eigenvalue weighted by molar-refractivity contribution is 8.13. The molecule has 0 spiro atoms. The highest BCUT2D eigenvalue weighted by Crippen LogP contribution is 2.51. The van der Waals surface area contributed by atoms with Crippen molar-refractivity contribution in [3.05, 3.63) is 59.2 Å². The zero-order valence-corrected chi connectivity index (χ0v) is 16.8. The van der Waals surface area contributed by atoms with Crippen molar-refractivity contribution in [2.75, 3.05) is 11.1 Å². The number of halogens is 1. The molecule has 4 rings (SSSR count). The summed E-state index contributed by atoms with van der Waals surface area (Å²) in [5.74, 6) is 0.143. The Morgan fingerprint density at radius 3 is 2.86 bits per heavy atom. The van der Waals surface area contributed by atoms with Gasteiger partial charge in [-0.15, -0.1) is 0 Å². The fraction of sp³-hybridized carbons (Fsp3) is 0.333. The van der Waals surface area contributed by atoms with Crippen LogP contribution in [0.1, 0.15) is 52.6 Å². The number of fused-ring (bicyclic) bond motifs is 1. The lowest BCUT2D eigenvalue weighted by Gasteiger charge is -2.36. The molecule has 1 aromatic carbocycles. The summed E-state index contributed by atoms with van der Waals surface area (Å²) < 4.78 is 14.8. The first-order chi connectivity index (χ1) is 13.9. The van der Waals surface area contributed by atoms with Gasteiger partial charge in [0, 0.05) is 28.8 Å². The number of nitrogens with two attached hydrogens (primary N) is 1. The summed E-state index contributed by atoms with van der Waals surface area (Å²) in [7, 11) is 0. The monoisotopic (exact) mass is 412 g/mol. The quantitative estimate of drug-likeness (QED) is 0.746. The smallest absolute Gasteiger partial charge is 0.274 e. The zero-order chi connectivity index (χ0) is 20.6. The van der Waals surface area contributed by atoms with Gasteiger partial charge in [-0.05, 0) is 56.0 Å². The van der Waals surface area contributed by atoms with Gasteiger partial charge in [0.2, 0.25) is 0 Å². The molecule has 1 amide bonds. The average Bonchev–Trinajstić information content (AvgIpc) is 3.13. The molecule has 2 heterocycles. The van der Waals surface area contributed by atoms with Crippen LogP contribution in [0.4, 0.5) is 10.1 Å². The van der Waals surface area contributed by atoms with E-state index in [0.29, 0.717) is 22.0 Å². The van der Waals surface area contributed by atoms with E-state index in [1.807, 2.05) is 0 Å². The minimum atomic E-state index is -0.665. The number of aliphatic imine (C=N–C) groups is 1. The molecule has 150 valence electrons. The Morgan fingerprint density at radius 2 is 2.14 bits per heavy atom. The number of hydrogen-bond donors (Lipinski definition) is 2. The predicted molar refractivity (Wildman–Crippen MR) is 112 cm³/mol. The van der Waals surface area contributed by atoms with Crippen molar-refractivity contribution in [2.24, 2.45) is 16.6 Å². The first-order valence-electron chi connectivity index (χ1n) is 9.45. The number of nitrogens with one attached hydrogen (secondary N) is 1. The van der Waals surface area contributed by atoms with Gasteiger partial charge in [0.05, 0.1) is 5.54 Å². The Bertz CT molecular complexity index is 1010. The highest BCUT2D eigenvalue weighted by Gasteiger charge is 2.48. The van der Waals surface area contributed by atoms with E-state index in [-0.39, 0.29) is 23.2 Å². The van der Waals surface area contributed by atoms with Crippen LogP contribution >= 0.6 is 11.8 Å². The Morgan fingerprint density at radius 1 is 1.31 bits per heavy atom. The summed E-state index contributed by atoms with van der Waals surface area (Å²) in [6.07, 6.45) is 4.05. The third-order valence-corrected chi connectivity index (χ3v) is 6.58. The van der Waals surface area contributed by atoms with Gasteiger partial charge in [0.25, 0.3) is 5.91 Å². The number of ketones is 1. The number of pyridine rings is 1. The maximum atomic E-state index is 14.8. The van der Waals surface area contributed by atoms with Crippen molar-refractivity contribution in [1.82, 2.24) is 4.98 Å². The molecule has 2 aromatic rings. The number of hydrogen-bond acceptors (Lipinski definition) is 6. The first-order valence-corrected chi connectivity index (χ1v) is 10.4. The minimum absolute atomic E-state index is 0.122. The van der Waals surface area contributed by atoms with Crippen LogP contribution in [0.5, 0.6) is 0 Å². The Hall–Kier alpha value is -2.74. The number of Topliss-reactive ketones (excluding diaryl/α,β-unsaturated/α-hetero) is 1. The van der Waals surface area contributed by atoms with Crippen LogP contribution in [0.25, 0.3) is 0 Å². The Labute approximate surface area is 172 Å². The molecule has 2 aliphatic rings. The molecule has 29 heavy (non-hydrogen) atoms. The maximum absolute atomic E-state index is 14.8. The summed E-state index contributed by atoms with van der Waals surface area (Å²) >= 11 is 1.51. The number of nitrogens with zero attached hydrogens (tertiary/aromatic N) is 2. The third kappa shape index (κ3) is 3.64. The molecule has 1 aliphatic heterocycles. The predicted octanol–water partition coefficient (Wildman–Crippen LogP) is 3.73. The van der Waals surface area contributed by atoms with Crippen LogP contribution in [-0.4, -0.2) is 27.6 Å². The molecular formula is C21H21FN4O2S. The molecule has 0 saturated heterocycles. The van der Waals surface area contributed by atoms with E-state index in [9.17, 15) is 14.0 Å². The number of carbonyl (C=O) groups is 2. The summed E-state index contributed by atoms with van der Waals surface area (Å²) in [6, 6.07) is 7.58. The highest BCUT2D eigenvalue weighted by atomic mass is 32.2. The number of amides is 1. The van der Waals surface area contributed by atoms with Crippen LogP contribution in [0, 0.1) is 11.7 Å². The molecule has 1 saturated carbocycles. The van der Waals surface area contributed by atoms with Crippen molar-refractivity contribution in [3.8, 4) is 0 Å². The lowest BCUT2D eigenvalue weighted by atomic mass is 9.81. The summed E-state index contributed by atoms with van der Waals surface area (Å²) in [5.41, 5.74) is 6.86. The van der Waals surface area contributed by atoms with Crippen molar-refractivity contribution >= 4 is 34.3 Å². The lowest BCUT2D eigenvalue weighted by Crippen LogP contribution is -2.37. The van der Waals surface area contributed by atoms with Crippen molar-refractivity contribution in [1.29, 1.82) is 0 Å². The number of anilines is 1. The Balaban J connectivity index is 1.63. The second kappa shape index (κ2) is 7.59. The molecule has 2 atom stereocenters. The van der Waals surface area contributed by atoms with E-state index >= 15 is 0 Å². The minimum Gasteiger partial charge on any atom is -0.379 e. The zero-order valence-electron chi connectivity index (χ0n) is 15.9. The molecule has 0 radical (unpaired) electrons. The van der Waals surface area contributed by atoms with Crippen LogP contribution in [0.15, 0.2) is 41.5 Å². The summed E-state index contributed by atoms with van der Waals surface area (Å²) in [4.78, 5) is 32.6. The molecule has 1 fully saturated rings. The molecule has 8 heteroatoms. The van der Waals surface area contributed by atoms with Gasteiger partial charge >= 0.3 is 0 Å². The van der Waals surface area contributed by atoms with Gasteiger partial charge in [-0.3, -0.25) is 19.6 Å². The average molecular weight is 412 g/mol. The van der Waals surface area contributed by atoms with Gasteiger partial charge < -0.3 is 11.1 Å². The number of aromatic nitrogens is 1. The van der Waals surface area contributed by atoms with E-state index in [2.05, 4.69) is 15.3 Å². The second-order valence-corrected chi connectivity index (χ2v) is 8.45. The maximum Gasteiger partial charge on any atom is 0.274 e. The third-order valence-electron chi connectivity index (χ3n) is 5.62. The fourth-order valence-corrected chi connectivity index (χ4v) is 5.17. The lowest BCUT2D eigenvalue weighted by molar-refractivity contribution is 0.100. The van der Waals surface area contributed by atoms with Crippen LogP contribution < -0.4 is 11.1 Å². The van der Waals surface area contributed by atoms with Gasteiger partial charge in [-0.2, -0.15) is 0 Å². The van der Waals surface area contributed by atoms with Crippen molar-refractivity contribution in [3.63, 3.8) is 0 Å². The summed E-state index contributed by atoms with van der Waals surface area (Å²) in [6.45, 7) is 1.44. The molecule has 0 bridgehead atoms. The van der Waals surface area contributed by atoms with E-state index in [1.165, 1.54) is 43.1 Å². The van der Waals surface area contributed by atoms with Crippen LogP contribution in [-0.2, 0) is 5.54 Å². The summed E-state index contributed by atoms with van der Waals surface area (Å²) in [5, 5.41) is 3.24. The topological polar surface area (TPSA) is 97.4 Å². The van der Waals surface area contributed by atoms with E-state index < -0.39 is 11.4 Å². The number of thioether (sulfide) groups is 1. The van der Waals surface area contributed by atoms with Gasteiger partial charge in [0.15, 0.2) is 11.0 Å². The number of carbonyl (C=O) groups excluding carboxylic acids is 2. The van der Waals surface area contributed by atoms with Gasteiger partial charge in [-0.25, -0.2) is 4.39 Å². The number of amidine groups is 1. The first kappa shape index (κ1) is 19.6. The molecule has 0 unspecified atom stereocenters. The van der Waals surface area contributed by atoms with E-state index in [4.69, 9.17) is 5.73 Å². The second-order valence-electron chi connectivity index (χ2n) is 7.41. The normalized spacial score (nSPS) is 23.2. The largest absolute Gasteiger partial charge is 0.379 e. The Kier molecular flexibility index (Phi) is 5.12. The molecule has 3 N–H and O–H groups in total. The van der Waals surface area contributed by atoms with Gasteiger partial charge in [0.1, 0.15) is 11.5 Å². The molecule has 6 nitrogen and oxygen atoms in total. The number of benzene rings is 1. The molecule has 1 aromatic heterocycles. The van der Waals surface area contributed by atoms with E-state index in [0.717, 1.165) is 25.0 Å². The van der Waals surface area contributed by atoms with Crippen LogP contribution in [0.2, 0.25) is 0 Å². The van der Waals surface area contributed by atoms with Crippen molar-refractivity contribution in [2.45, 2.75) is 31.7 Å². The standard InChI is InChI=1S/C21H21FN4O2S/c1-12(27)13-4-7-18(24-10-13)19(28)25-15-5-6-17(22)16(9-15)21-8-2-3-14(21)11-29-20(23)26-21/h4-7,9-10,14H,2-3,8,11H2,1H3,(H2,23,26)(H,25,28)/t14-,21-/m0/s1. The molecular weight excluding hydrogens is 391 g/mol. The van der Waals surface area contributed by atoms with Crippen LogP contribution in [0.3, 0.4) is 0 Å². The van der Waals surface area contributed by atoms with Crippen molar-refractivity contribution < 1.29 is 14.0 Å². The van der Waals surface area contributed by atoms with Gasteiger partial charge in [-0.1, -0.05) is 18.2 Å². The fourth-order valence-electron chi connectivity index (χ4n) is 4.13. The molecule has 1 aliphatic carbocycles. The SMILES string of the molecule is CC(=O)c1ccc(C(=O)Nc2ccc(F)c([C@]34CCC[C@H]3CSC(N)=N4)c2)nc1.